The maximum absolute atomic E-state index is 13.8. The molecule has 0 radical (unpaired) electrons. The number of aromatic nitrogens is 4. The first-order valence-corrected chi connectivity index (χ1v) is 13.9. The first-order chi connectivity index (χ1) is 18.8. The normalized spacial score (nSPS) is 16.8. The number of pyridine rings is 1. The summed E-state index contributed by atoms with van der Waals surface area (Å²) in [7, 11) is 1.77. The Hall–Kier alpha value is -3.96. The predicted octanol–water partition coefficient (Wildman–Crippen LogP) is 3.81. The molecular weight excluding hydrogens is 532 g/mol. The molecule has 1 aromatic carbocycles. The zero-order chi connectivity index (χ0) is 27.4. The Balaban J connectivity index is 1.48. The lowest BCUT2D eigenvalue weighted by atomic mass is 10.2. The topological polar surface area (TPSA) is 84.8 Å². The Bertz CT molecular complexity index is 1810. The van der Waals surface area contributed by atoms with Crippen LogP contribution in [0, 0.1) is 13.8 Å². The molecular formula is C28H26N6O3S2. The smallest absolute Gasteiger partial charge is 0.296 e. The van der Waals surface area contributed by atoms with Crippen LogP contribution < -0.4 is 20.9 Å². The fourth-order valence-corrected chi connectivity index (χ4v) is 6.45. The minimum absolute atomic E-state index is 0.205. The van der Waals surface area contributed by atoms with Gasteiger partial charge >= 0.3 is 0 Å². The van der Waals surface area contributed by atoms with E-state index in [1.165, 1.54) is 14.0 Å². The van der Waals surface area contributed by atoms with Crippen molar-refractivity contribution in [1.29, 1.82) is 0 Å². The van der Waals surface area contributed by atoms with E-state index >= 15 is 0 Å². The van der Waals surface area contributed by atoms with Gasteiger partial charge in [0.15, 0.2) is 4.32 Å². The van der Waals surface area contributed by atoms with E-state index in [-0.39, 0.29) is 26.0 Å². The number of aryl methyl sites for hydroxylation is 1. The molecule has 9 nitrogen and oxygen atoms in total. The number of thiocarbonyl (C=S) groups is 1. The number of carbonyl (C=O) groups is 1. The minimum Gasteiger partial charge on any atom is -0.356 e. The van der Waals surface area contributed by atoms with Crippen LogP contribution in [0.15, 0.2) is 63.2 Å². The molecule has 39 heavy (non-hydrogen) atoms. The standard InChI is InChI=1S/C28H26N6O3S2/c1-17-10-9-15-32-23(17)29-24(31-13-7-8-14-31)20(25(32)35)16-21-26(36)33(28(38)39-21)22-18(2)30(3)34(27(22)37)19-11-5-4-6-12-19/h4-6,9-12,15-16H,7-8,13-14H2,1-3H3/b21-16+. The lowest BCUT2D eigenvalue weighted by Gasteiger charge is -2.20. The zero-order valence-corrected chi connectivity index (χ0v) is 23.4. The average Bonchev–Trinajstić information content (AvgIpc) is 3.61. The first kappa shape index (κ1) is 25.3. The Kier molecular flexibility index (Phi) is 6.27. The van der Waals surface area contributed by atoms with Gasteiger partial charge in [-0.05, 0) is 56.5 Å². The number of nitrogens with zero attached hydrogens (tertiary/aromatic N) is 6. The summed E-state index contributed by atoms with van der Waals surface area (Å²) in [5.74, 6) is 0.136. The van der Waals surface area contributed by atoms with Gasteiger partial charge < -0.3 is 4.90 Å². The number of para-hydroxylation sites is 1. The summed E-state index contributed by atoms with van der Waals surface area (Å²) in [4.78, 5) is 49.7. The van der Waals surface area contributed by atoms with E-state index in [4.69, 9.17) is 17.2 Å². The summed E-state index contributed by atoms with van der Waals surface area (Å²) in [5.41, 5.74) is 2.71. The molecule has 0 atom stereocenters. The summed E-state index contributed by atoms with van der Waals surface area (Å²) >= 11 is 6.69. The summed E-state index contributed by atoms with van der Waals surface area (Å²) in [6.07, 6.45) is 5.30. The van der Waals surface area contributed by atoms with Gasteiger partial charge in [-0.1, -0.05) is 48.2 Å². The molecule has 4 aromatic rings. The molecule has 2 aliphatic rings. The number of benzene rings is 1. The molecule has 11 heteroatoms. The predicted molar refractivity (Wildman–Crippen MR) is 159 cm³/mol. The van der Waals surface area contributed by atoms with E-state index < -0.39 is 5.91 Å². The number of thioether (sulfide) groups is 1. The molecule has 0 spiro atoms. The Morgan fingerprint density at radius 1 is 0.974 bits per heavy atom. The van der Waals surface area contributed by atoms with Crippen molar-refractivity contribution in [1.82, 2.24) is 18.7 Å². The van der Waals surface area contributed by atoms with Crippen LogP contribution in [0.1, 0.15) is 29.7 Å². The van der Waals surface area contributed by atoms with Crippen molar-refractivity contribution in [2.45, 2.75) is 26.7 Å². The largest absolute Gasteiger partial charge is 0.356 e. The van der Waals surface area contributed by atoms with Gasteiger partial charge in [0.2, 0.25) is 0 Å². The van der Waals surface area contributed by atoms with Crippen molar-refractivity contribution in [2.24, 2.45) is 7.05 Å². The fourth-order valence-electron chi connectivity index (χ4n) is 5.20. The van der Waals surface area contributed by atoms with Crippen molar-refractivity contribution in [3.8, 4) is 5.69 Å². The molecule has 6 rings (SSSR count). The van der Waals surface area contributed by atoms with Gasteiger partial charge in [-0.15, -0.1) is 0 Å². The van der Waals surface area contributed by atoms with Crippen molar-refractivity contribution in [2.75, 3.05) is 22.9 Å². The Morgan fingerprint density at radius 3 is 2.41 bits per heavy atom. The molecule has 0 unspecified atom stereocenters. The van der Waals surface area contributed by atoms with Crippen molar-refractivity contribution in [3.63, 3.8) is 0 Å². The summed E-state index contributed by atoms with van der Waals surface area (Å²) in [5, 5.41) is 0. The Labute approximate surface area is 234 Å². The summed E-state index contributed by atoms with van der Waals surface area (Å²) < 4.78 is 4.98. The third-order valence-electron chi connectivity index (χ3n) is 7.29. The second-order valence-corrected chi connectivity index (χ2v) is 11.3. The van der Waals surface area contributed by atoms with Crippen LogP contribution in [0.2, 0.25) is 0 Å². The molecule has 2 saturated heterocycles. The number of amides is 1. The van der Waals surface area contributed by atoms with Crippen molar-refractivity contribution < 1.29 is 4.79 Å². The second-order valence-electron chi connectivity index (χ2n) is 9.66. The SMILES string of the molecule is Cc1cccn2c(=O)c(/C=C3/SC(=S)N(c4c(C)n(C)n(-c5ccccc5)c4=O)C3=O)c(N3CCCC3)nc12. The van der Waals surface area contributed by atoms with Crippen LogP contribution in [0.5, 0.6) is 0 Å². The lowest BCUT2D eigenvalue weighted by Crippen LogP contribution is -2.33. The number of anilines is 2. The van der Waals surface area contributed by atoms with Crippen molar-refractivity contribution >= 4 is 57.4 Å². The molecule has 198 valence electrons. The molecule has 3 aromatic heterocycles. The first-order valence-electron chi connectivity index (χ1n) is 12.7. The lowest BCUT2D eigenvalue weighted by molar-refractivity contribution is -0.113. The van der Waals surface area contributed by atoms with E-state index in [1.807, 2.05) is 43.3 Å². The average molecular weight is 559 g/mol. The molecule has 5 heterocycles. The molecule has 1 amide bonds. The van der Waals surface area contributed by atoms with Gasteiger partial charge in [0.25, 0.3) is 17.0 Å². The molecule has 2 aliphatic heterocycles. The highest BCUT2D eigenvalue weighted by atomic mass is 32.2. The van der Waals surface area contributed by atoms with Crippen LogP contribution >= 0.6 is 24.0 Å². The van der Waals surface area contributed by atoms with Crippen LogP contribution in [0.3, 0.4) is 0 Å². The number of hydrogen-bond donors (Lipinski definition) is 0. The fraction of sp³-hybridized carbons (Fsp3) is 0.250. The number of rotatable bonds is 4. The van der Waals surface area contributed by atoms with Gasteiger partial charge in [-0.3, -0.25) is 28.4 Å². The van der Waals surface area contributed by atoms with Gasteiger partial charge in [0.05, 0.1) is 21.8 Å². The summed E-state index contributed by atoms with van der Waals surface area (Å²) in [6.45, 7) is 5.29. The van der Waals surface area contributed by atoms with Crippen LogP contribution in [-0.2, 0) is 11.8 Å². The van der Waals surface area contributed by atoms with Gasteiger partial charge in [-0.25, -0.2) is 9.67 Å². The second kappa shape index (κ2) is 9.65. The van der Waals surface area contributed by atoms with E-state index in [0.717, 1.165) is 43.3 Å². The third-order valence-corrected chi connectivity index (χ3v) is 8.59. The van der Waals surface area contributed by atoms with Gasteiger partial charge in [0, 0.05) is 26.3 Å². The number of fused-ring (bicyclic) bond motifs is 1. The molecule has 0 saturated carbocycles. The number of hydrogen-bond acceptors (Lipinski definition) is 7. The van der Waals surface area contributed by atoms with E-state index in [0.29, 0.717) is 28.4 Å². The van der Waals surface area contributed by atoms with Crippen molar-refractivity contribution in [3.05, 3.63) is 91.1 Å². The van der Waals surface area contributed by atoms with E-state index in [9.17, 15) is 14.4 Å². The summed E-state index contributed by atoms with van der Waals surface area (Å²) in [6, 6.07) is 13.0. The van der Waals surface area contributed by atoms with Gasteiger partial charge in [-0.2, -0.15) is 0 Å². The van der Waals surface area contributed by atoms with Crippen LogP contribution in [-0.4, -0.2) is 42.1 Å². The van der Waals surface area contributed by atoms with E-state index in [2.05, 4.69) is 4.90 Å². The molecule has 0 bridgehead atoms. The maximum Gasteiger partial charge on any atom is 0.296 e. The quantitative estimate of drug-likeness (QED) is 0.278. The Morgan fingerprint density at radius 2 is 1.69 bits per heavy atom. The van der Waals surface area contributed by atoms with Crippen LogP contribution in [0.25, 0.3) is 17.4 Å². The number of carbonyl (C=O) groups excluding carboxylic acids is 1. The minimum atomic E-state index is -0.433. The molecule has 0 N–H and O–H groups in total. The highest BCUT2D eigenvalue weighted by Gasteiger charge is 2.38. The van der Waals surface area contributed by atoms with Gasteiger partial charge in [0.1, 0.15) is 17.2 Å². The van der Waals surface area contributed by atoms with E-state index in [1.54, 1.807) is 37.0 Å². The monoisotopic (exact) mass is 558 g/mol. The molecule has 2 fully saturated rings. The molecule has 0 aliphatic carbocycles. The van der Waals surface area contributed by atoms with Crippen LogP contribution in [0.4, 0.5) is 11.5 Å². The zero-order valence-electron chi connectivity index (χ0n) is 21.7. The third kappa shape index (κ3) is 4.04. The highest BCUT2D eigenvalue weighted by Crippen LogP contribution is 2.37. The maximum atomic E-state index is 13.8. The highest BCUT2D eigenvalue weighted by molar-refractivity contribution is 8.27.